The molecule has 3 atom stereocenters. The molecule has 1 saturated heterocycles. The Labute approximate surface area is 125 Å². The Bertz CT molecular complexity index is 400. The SMILES string of the molecule is CCC(C)C(NC(=O)OC)C(=O)N1CCCC1C(=O)NC. The highest BCUT2D eigenvalue weighted by molar-refractivity contribution is 5.91. The number of likely N-dealkylation sites (tertiary alicyclic amines) is 1. The number of amides is 3. The van der Waals surface area contributed by atoms with Crippen LogP contribution in [0.3, 0.4) is 0 Å². The van der Waals surface area contributed by atoms with Crippen LogP contribution in [0.4, 0.5) is 4.79 Å². The highest BCUT2D eigenvalue weighted by Gasteiger charge is 2.38. The number of nitrogens with zero attached hydrogens (tertiary/aromatic N) is 1. The van der Waals surface area contributed by atoms with E-state index >= 15 is 0 Å². The lowest BCUT2D eigenvalue weighted by Gasteiger charge is -2.30. The lowest BCUT2D eigenvalue weighted by Crippen LogP contribution is -2.55. The second-order valence-electron chi connectivity index (χ2n) is 5.30. The first-order valence-electron chi connectivity index (χ1n) is 7.32. The Morgan fingerprint density at radius 1 is 1.38 bits per heavy atom. The van der Waals surface area contributed by atoms with Crippen LogP contribution in [-0.4, -0.2) is 55.6 Å². The molecule has 7 heteroatoms. The molecule has 0 radical (unpaired) electrons. The first kappa shape index (κ1) is 17.3. The molecule has 1 aliphatic heterocycles. The lowest BCUT2D eigenvalue weighted by molar-refractivity contribution is -0.140. The van der Waals surface area contributed by atoms with E-state index in [9.17, 15) is 14.4 Å². The van der Waals surface area contributed by atoms with Gasteiger partial charge in [-0.1, -0.05) is 20.3 Å². The number of hydrogen-bond donors (Lipinski definition) is 2. The number of carbonyl (C=O) groups is 3. The monoisotopic (exact) mass is 299 g/mol. The van der Waals surface area contributed by atoms with Crippen molar-refractivity contribution in [2.24, 2.45) is 5.92 Å². The van der Waals surface area contributed by atoms with E-state index in [4.69, 9.17) is 0 Å². The average Bonchev–Trinajstić information content (AvgIpc) is 2.99. The van der Waals surface area contributed by atoms with Crippen LogP contribution in [0.5, 0.6) is 0 Å². The van der Waals surface area contributed by atoms with Gasteiger partial charge in [-0.2, -0.15) is 0 Å². The minimum absolute atomic E-state index is 0.0393. The van der Waals surface area contributed by atoms with E-state index in [0.717, 1.165) is 12.8 Å². The largest absolute Gasteiger partial charge is 0.453 e. The molecule has 7 nitrogen and oxygen atoms in total. The first-order chi connectivity index (χ1) is 9.96. The van der Waals surface area contributed by atoms with Crippen molar-refractivity contribution in [1.29, 1.82) is 0 Å². The van der Waals surface area contributed by atoms with Gasteiger partial charge in [-0.15, -0.1) is 0 Å². The van der Waals surface area contributed by atoms with Crippen molar-refractivity contribution in [3.05, 3.63) is 0 Å². The molecule has 21 heavy (non-hydrogen) atoms. The number of nitrogens with one attached hydrogen (secondary N) is 2. The Balaban J connectivity index is 2.88. The molecule has 0 aromatic rings. The van der Waals surface area contributed by atoms with Crippen molar-refractivity contribution >= 4 is 17.9 Å². The van der Waals surface area contributed by atoms with Gasteiger partial charge in [0, 0.05) is 13.6 Å². The summed E-state index contributed by atoms with van der Waals surface area (Å²) in [5, 5.41) is 5.17. The van der Waals surface area contributed by atoms with Gasteiger partial charge in [-0.25, -0.2) is 4.79 Å². The fraction of sp³-hybridized carbons (Fsp3) is 0.786. The summed E-state index contributed by atoms with van der Waals surface area (Å²) in [5.41, 5.74) is 0. The maximum Gasteiger partial charge on any atom is 0.407 e. The van der Waals surface area contributed by atoms with Gasteiger partial charge in [0.15, 0.2) is 0 Å². The number of carbonyl (C=O) groups excluding carboxylic acids is 3. The average molecular weight is 299 g/mol. The van der Waals surface area contributed by atoms with Gasteiger partial charge < -0.3 is 20.3 Å². The predicted octanol–water partition coefficient (Wildman–Crippen LogP) is 0.494. The van der Waals surface area contributed by atoms with Gasteiger partial charge in [0.2, 0.25) is 11.8 Å². The summed E-state index contributed by atoms with van der Waals surface area (Å²) < 4.78 is 4.58. The molecular formula is C14H25N3O4. The highest BCUT2D eigenvalue weighted by Crippen LogP contribution is 2.21. The Morgan fingerprint density at radius 2 is 2.05 bits per heavy atom. The number of rotatable bonds is 5. The van der Waals surface area contributed by atoms with Crippen LogP contribution in [0.25, 0.3) is 0 Å². The van der Waals surface area contributed by atoms with Crippen LogP contribution < -0.4 is 10.6 Å². The summed E-state index contributed by atoms with van der Waals surface area (Å²) >= 11 is 0. The van der Waals surface area contributed by atoms with Gasteiger partial charge in [-0.05, 0) is 18.8 Å². The summed E-state index contributed by atoms with van der Waals surface area (Å²) in [4.78, 5) is 37.6. The third-order valence-corrected chi connectivity index (χ3v) is 4.02. The second kappa shape index (κ2) is 7.85. The third kappa shape index (κ3) is 4.09. The molecule has 0 aromatic heterocycles. The maximum atomic E-state index is 12.7. The summed E-state index contributed by atoms with van der Waals surface area (Å²) in [6.07, 6.45) is 1.54. The lowest BCUT2D eigenvalue weighted by atomic mass is 9.97. The van der Waals surface area contributed by atoms with Crippen molar-refractivity contribution in [3.8, 4) is 0 Å². The van der Waals surface area contributed by atoms with Crippen molar-refractivity contribution in [1.82, 2.24) is 15.5 Å². The smallest absolute Gasteiger partial charge is 0.407 e. The van der Waals surface area contributed by atoms with E-state index < -0.39 is 18.2 Å². The minimum Gasteiger partial charge on any atom is -0.453 e. The van der Waals surface area contributed by atoms with E-state index in [1.54, 1.807) is 11.9 Å². The number of likely N-dealkylation sites (N-methyl/N-ethyl adjacent to an activating group) is 1. The van der Waals surface area contributed by atoms with E-state index in [1.165, 1.54) is 7.11 Å². The molecule has 0 bridgehead atoms. The number of hydrogen-bond acceptors (Lipinski definition) is 4. The molecule has 0 saturated carbocycles. The van der Waals surface area contributed by atoms with E-state index in [2.05, 4.69) is 15.4 Å². The Morgan fingerprint density at radius 3 is 2.57 bits per heavy atom. The molecule has 0 spiro atoms. The minimum atomic E-state index is -0.673. The zero-order chi connectivity index (χ0) is 16.0. The van der Waals surface area contributed by atoms with Crippen LogP contribution >= 0.6 is 0 Å². The van der Waals surface area contributed by atoms with Gasteiger partial charge in [0.05, 0.1) is 7.11 Å². The standard InChI is InChI=1S/C14H25N3O4/c1-5-9(2)11(16-14(20)21-4)13(19)17-8-6-7-10(17)12(18)15-3/h9-11H,5-8H2,1-4H3,(H,15,18)(H,16,20). The molecule has 3 amide bonds. The first-order valence-corrected chi connectivity index (χ1v) is 7.32. The normalized spacial score (nSPS) is 20.6. The molecule has 3 unspecified atom stereocenters. The molecule has 1 heterocycles. The number of methoxy groups -OCH3 is 1. The van der Waals surface area contributed by atoms with Crippen LogP contribution in [0.15, 0.2) is 0 Å². The van der Waals surface area contributed by atoms with Crippen LogP contribution in [0, 0.1) is 5.92 Å². The molecule has 1 rings (SSSR count). The highest BCUT2D eigenvalue weighted by atomic mass is 16.5. The number of ether oxygens (including phenoxy) is 1. The summed E-state index contributed by atoms with van der Waals surface area (Å²) in [5.74, 6) is -0.426. The summed E-state index contributed by atoms with van der Waals surface area (Å²) in [6.45, 7) is 4.38. The molecular weight excluding hydrogens is 274 g/mol. The van der Waals surface area contributed by atoms with Crippen LogP contribution in [-0.2, 0) is 14.3 Å². The van der Waals surface area contributed by atoms with Gasteiger partial charge in [0.25, 0.3) is 0 Å². The molecule has 1 fully saturated rings. The fourth-order valence-corrected chi connectivity index (χ4v) is 2.52. The molecule has 0 aromatic carbocycles. The quantitative estimate of drug-likeness (QED) is 0.773. The molecule has 0 aliphatic carbocycles. The molecule has 2 N–H and O–H groups in total. The van der Waals surface area contributed by atoms with Gasteiger partial charge >= 0.3 is 6.09 Å². The van der Waals surface area contributed by atoms with Crippen LogP contribution in [0.1, 0.15) is 33.1 Å². The topological polar surface area (TPSA) is 87.7 Å². The summed E-state index contributed by atoms with van der Waals surface area (Å²) in [7, 11) is 2.82. The van der Waals surface area contributed by atoms with E-state index in [-0.39, 0.29) is 17.7 Å². The number of alkyl carbamates (subject to hydrolysis) is 1. The van der Waals surface area contributed by atoms with Crippen LogP contribution in [0.2, 0.25) is 0 Å². The molecule has 120 valence electrons. The van der Waals surface area contributed by atoms with Crippen molar-refractivity contribution in [2.45, 2.75) is 45.2 Å². The Kier molecular flexibility index (Phi) is 6.45. The zero-order valence-corrected chi connectivity index (χ0v) is 13.1. The van der Waals surface area contributed by atoms with E-state index in [0.29, 0.717) is 13.0 Å². The fourth-order valence-electron chi connectivity index (χ4n) is 2.52. The predicted molar refractivity (Wildman–Crippen MR) is 77.6 cm³/mol. The van der Waals surface area contributed by atoms with E-state index in [1.807, 2.05) is 13.8 Å². The maximum absolute atomic E-state index is 12.7. The van der Waals surface area contributed by atoms with Crippen molar-refractivity contribution in [3.63, 3.8) is 0 Å². The second-order valence-corrected chi connectivity index (χ2v) is 5.30. The Hall–Kier alpha value is -1.79. The van der Waals surface area contributed by atoms with Crippen molar-refractivity contribution in [2.75, 3.05) is 20.7 Å². The van der Waals surface area contributed by atoms with Crippen molar-refractivity contribution < 1.29 is 19.1 Å². The van der Waals surface area contributed by atoms with Gasteiger partial charge in [-0.3, -0.25) is 9.59 Å². The molecule has 1 aliphatic rings. The zero-order valence-electron chi connectivity index (χ0n) is 13.1. The third-order valence-electron chi connectivity index (χ3n) is 4.02. The summed E-state index contributed by atoms with van der Waals surface area (Å²) in [6, 6.07) is -1.12. The van der Waals surface area contributed by atoms with Gasteiger partial charge in [0.1, 0.15) is 12.1 Å².